The second-order valence-corrected chi connectivity index (χ2v) is 14.2. The summed E-state index contributed by atoms with van der Waals surface area (Å²) in [4.78, 5) is 0. The van der Waals surface area contributed by atoms with Gasteiger partial charge in [0.05, 0.1) is 10.8 Å². The monoisotopic (exact) mass is 846 g/mol. The molecule has 0 saturated heterocycles. The Morgan fingerprint density at radius 3 is 0.845 bits per heavy atom. The zero-order chi connectivity index (χ0) is 45.0. The van der Waals surface area contributed by atoms with Crippen molar-refractivity contribution in [1.82, 2.24) is 0 Å². The molecular weight excluding hydrogens is 808 g/mol. The number of fused-ring (bicyclic) bond motifs is 1. The van der Waals surface area contributed by atoms with Crippen LogP contribution in [0.15, 0.2) is 24.3 Å². The molecule has 318 valence electrons. The Morgan fingerprint density at radius 2 is 0.517 bits per heavy atom. The summed E-state index contributed by atoms with van der Waals surface area (Å²) in [6.45, 7) is 15.7. The van der Waals surface area contributed by atoms with Crippen LogP contribution in [0.3, 0.4) is 0 Å². The topological polar surface area (TPSA) is 0 Å². The van der Waals surface area contributed by atoms with Gasteiger partial charge in [-0.3, -0.25) is 0 Å². The first-order valence-corrected chi connectivity index (χ1v) is 17.4. The lowest BCUT2D eigenvalue weighted by atomic mass is 9.96. The summed E-state index contributed by atoms with van der Waals surface area (Å²) in [7, 11) is 0. The SMILES string of the molecule is CC(C)c1c(F)c(F)c(F)c(F)c1F.CC(C)c1c(F)c(F)c2c(F)c(F)c(F)c(F)c2c1F.Cc1c(F)c(F)c(C(C)C)c(F)c1F.Cc1ccc(C(C)C)cc1. The molecule has 5 aromatic carbocycles. The zero-order valence-electron chi connectivity index (χ0n) is 32.7. The first-order valence-electron chi connectivity index (χ1n) is 17.4. The van der Waals surface area contributed by atoms with Gasteiger partial charge in [0.25, 0.3) is 0 Å². The summed E-state index contributed by atoms with van der Waals surface area (Å²) >= 11 is 0. The minimum absolute atomic E-state index is 0.536. The van der Waals surface area contributed by atoms with Crippen LogP contribution in [0.4, 0.5) is 70.2 Å². The number of hydrogen-bond acceptors (Lipinski definition) is 0. The van der Waals surface area contributed by atoms with E-state index in [1.807, 2.05) is 0 Å². The van der Waals surface area contributed by atoms with Crippen molar-refractivity contribution in [2.24, 2.45) is 0 Å². The summed E-state index contributed by atoms with van der Waals surface area (Å²) < 4.78 is 210. The summed E-state index contributed by atoms with van der Waals surface area (Å²) in [5.41, 5.74) is -0.0364. The standard InChI is InChI=1S/C13H7F7.C10H10F4.C10H14.C9H7F5/c1-3(2)4-7(14)5-6(9(16)8(4)15)11(18)13(20)12(19)10(5)17;1-4(2)6-9(13)7(11)5(3)8(12)10(6)14;1-8(2)10-6-4-9(3)5-7-10;1-3(2)4-5(10)7(12)9(14)8(13)6(4)11/h3H,1-2H3;4H,1-3H3;4-8H,1-3H3;3H,1-2H3. The molecule has 0 aromatic heterocycles. The minimum atomic E-state index is -2.33. The van der Waals surface area contributed by atoms with E-state index in [2.05, 4.69) is 45.0 Å². The Labute approximate surface area is 324 Å². The van der Waals surface area contributed by atoms with Crippen molar-refractivity contribution in [2.75, 3.05) is 0 Å². The quantitative estimate of drug-likeness (QED) is 0.0960. The third kappa shape index (κ3) is 10.1. The molecule has 0 heterocycles. The van der Waals surface area contributed by atoms with Gasteiger partial charge in [0.1, 0.15) is 5.82 Å². The Hall–Kier alpha value is -4.76. The number of aryl methyl sites for hydroxylation is 1. The molecule has 5 rings (SSSR count). The highest BCUT2D eigenvalue weighted by Gasteiger charge is 2.31. The van der Waals surface area contributed by atoms with Gasteiger partial charge < -0.3 is 0 Å². The van der Waals surface area contributed by atoms with Crippen molar-refractivity contribution in [1.29, 1.82) is 0 Å². The summed E-state index contributed by atoms with van der Waals surface area (Å²) in [5.74, 6) is -30.5. The van der Waals surface area contributed by atoms with Gasteiger partial charge in [0.15, 0.2) is 81.4 Å². The average molecular weight is 847 g/mol. The third-order valence-electron chi connectivity index (χ3n) is 8.61. The van der Waals surface area contributed by atoms with Crippen LogP contribution in [0.25, 0.3) is 10.8 Å². The Balaban J connectivity index is 0.000000275. The molecule has 0 unspecified atom stereocenters. The van der Waals surface area contributed by atoms with Gasteiger partial charge in [-0.2, -0.15) is 0 Å². The predicted molar refractivity (Wildman–Crippen MR) is 188 cm³/mol. The highest BCUT2D eigenvalue weighted by Crippen LogP contribution is 2.37. The van der Waals surface area contributed by atoms with Gasteiger partial charge in [0.2, 0.25) is 5.82 Å². The molecule has 0 amide bonds. The fourth-order valence-corrected chi connectivity index (χ4v) is 5.36. The maximum absolute atomic E-state index is 14.0. The van der Waals surface area contributed by atoms with E-state index in [1.165, 1.54) is 52.7 Å². The largest absolute Gasteiger partial charge is 0.206 e. The molecule has 0 nitrogen and oxygen atoms in total. The molecule has 0 N–H and O–H groups in total. The van der Waals surface area contributed by atoms with Crippen molar-refractivity contribution in [2.45, 2.75) is 92.9 Å². The smallest absolute Gasteiger partial charge is 0.200 e. The van der Waals surface area contributed by atoms with Gasteiger partial charge >= 0.3 is 0 Å². The van der Waals surface area contributed by atoms with E-state index in [-0.39, 0.29) is 0 Å². The van der Waals surface area contributed by atoms with Crippen LogP contribution in [0.2, 0.25) is 0 Å². The maximum atomic E-state index is 14.0. The molecule has 0 bridgehead atoms. The number of hydrogen-bond donors (Lipinski definition) is 0. The molecule has 0 fully saturated rings. The van der Waals surface area contributed by atoms with Gasteiger partial charge in [-0.1, -0.05) is 85.2 Å². The minimum Gasteiger partial charge on any atom is -0.206 e. The number of halogens is 16. The first kappa shape index (κ1) is 49.4. The van der Waals surface area contributed by atoms with Crippen LogP contribution in [0.5, 0.6) is 0 Å². The Bertz CT molecular complexity index is 2140. The molecule has 16 heteroatoms. The van der Waals surface area contributed by atoms with E-state index in [4.69, 9.17) is 0 Å². The fourth-order valence-electron chi connectivity index (χ4n) is 5.36. The lowest BCUT2D eigenvalue weighted by Crippen LogP contribution is -2.08. The zero-order valence-corrected chi connectivity index (χ0v) is 32.7. The molecule has 5 aromatic rings. The number of benzene rings is 5. The van der Waals surface area contributed by atoms with E-state index >= 15 is 0 Å². The molecule has 0 radical (unpaired) electrons. The van der Waals surface area contributed by atoms with Crippen LogP contribution >= 0.6 is 0 Å². The average Bonchev–Trinajstić information content (AvgIpc) is 3.15. The maximum Gasteiger partial charge on any atom is 0.200 e. The van der Waals surface area contributed by atoms with E-state index in [1.54, 1.807) is 0 Å². The van der Waals surface area contributed by atoms with Crippen LogP contribution in [0, 0.1) is 107 Å². The van der Waals surface area contributed by atoms with Crippen molar-refractivity contribution < 1.29 is 70.2 Å². The van der Waals surface area contributed by atoms with Gasteiger partial charge in [-0.15, -0.1) is 0 Å². The first-order chi connectivity index (χ1) is 26.6. The van der Waals surface area contributed by atoms with E-state index in [0.29, 0.717) is 5.92 Å². The lowest BCUT2D eigenvalue weighted by Gasteiger charge is -2.14. The van der Waals surface area contributed by atoms with Crippen LogP contribution < -0.4 is 0 Å². The van der Waals surface area contributed by atoms with Crippen molar-refractivity contribution >= 4 is 10.8 Å². The van der Waals surface area contributed by atoms with Crippen LogP contribution in [-0.2, 0) is 0 Å². The molecule has 0 atom stereocenters. The molecule has 0 saturated carbocycles. The molecule has 0 spiro atoms. The van der Waals surface area contributed by atoms with E-state index in [0.717, 1.165) is 6.92 Å². The van der Waals surface area contributed by atoms with Crippen molar-refractivity contribution in [3.05, 3.63) is 151 Å². The highest BCUT2D eigenvalue weighted by atomic mass is 19.2. The van der Waals surface area contributed by atoms with Crippen molar-refractivity contribution in [3.63, 3.8) is 0 Å². The normalized spacial score (nSPS) is 11.2. The second-order valence-electron chi connectivity index (χ2n) is 14.2. The Kier molecular flexibility index (Phi) is 16.9. The van der Waals surface area contributed by atoms with Crippen molar-refractivity contribution in [3.8, 4) is 0 Å². The predicted octanol–water partition coefficient (Wildman–Crippen LogP) is 15.2. The fraction of sp³-hybridized carbons (Fsp3) is 0.333. The van der Waals surface area contributed by atoms with Crippen LogP contribution in [-0.4, -0.2) is 0 Å². The van der Waals surface area contributed by atoms with Gasteiger partial charge in [0, 0.05) is 22.3 Å². The molecule has 0 aliphatic heterocycles. The summed E-state index contributed by atoms with van der Waals surface area (Å²) in [6.07, 6.45) is 0. The molecule has 0 aliphatic rings. The van der Waals surface area contributed by atoms with E-state index in [9.17, 15) is 70.2 Å². The lowest BCUT2D eigenvalue weighted by molar-refractivity contribution is 0.366. The third-order valence-corrected chi connectivity index (χ3v) is 8.61. The molecular formula is C42H38F16. The molecule has 58 heavy (non-hydrogen) atoms. The second kappa shape index (κ2) is 19.8. The van der Waals surface area contributed by atoms with E-state index < -0.39 is 144 Å². The Morgan fingerprint density at radius 1 is 0.276 bits per heavy atom. The van der Waals surface area contributed by atoms with Crippen LogP contribution in [0.1, 0.15) is 112 Å². The summed E-state index contributed by atoms with van der Waals surface area (Å²) in [5, 5.41) is -3.02. The number of rotatable bonds is 4. The van der Waals surface area contributed by atoms with Gasteiger partial charge in [-0.05, 0) is 43.1 Å². The summed E-state index contributed by atoms with van der Waals surface area (Å²) in [6, 6.07) is 8.71. The highest BCUT2D eigenvalue weighted by molar-refractivity contribution is 5.86. The molecule has 0 aliphatic carbocycles. The van der Waals surface area contributed by atoms with Gasteiger partial charge in [-0.25, -0.2) is 70.2 Å².